The molecule has 0 aliphatic heterocycles. The Labute approximate surface area is 238 Å². The van der Waals surface area contributed by atoms with E-state index < -0.39 is 17.3 Å². The topological polar surface area (TPSA) is 97.7 Å². The number of carbonyl (C=O) groups excluding carboxylic acids is 3. The molecular formula is C30H33Cl2N3O4. The van der Waals surface area contributed by atoms with E-state index in [0.29, 0.717) is 17.4 Å². The number of ether oxygens (including phenoxy) is 1. The number of benzene rings is 1. The van der Waals surface area contributed by atoms with Gasteiger partial charge in [0.15, 0.2) is 11.5 Å². The van der Waals surface area contributed by atoms with Crippen molar-refractivity contribution in [2.24, 2.45) is 22.2 Å². The lowest BCUT2D eigenvalue weighted by Crippen LogP contribution is -2.61. The van der Waals surface area contributed by atoms with Crippen LogP contribution in [-0.2, 0) is 9.59 Å². The first-order valence-corrected chi connectivity index (χ1v) is 14.7. The molecule has 0 radical (unpaired) electrons. The highest BCUT2D eigenvalue weighted by molar-refractivity contribution is 6.40. The maximum Gasteiger partial charge on any atom is 0.311 e. The van der Waals surface area contributed by atoms with Gasteiger partial charge in [0.25, 0.3) is 5.91 Å². The molecule has 3 fully saturated rings. The van der Waals surface area contributed by atoms with Crippen LogP contribution in [0.3, 0.4) is 0 Å². The van der Waals surface area contributed by atoms with E-state index in [2.05, 4.69) is 10.3 Å². The standard InChI is InChI=1S/C30H33Cl2N3O4/c1-2-23(36)39-26-21(12-9-13-22(26)35-29(38)25-19(31)16-33-17-20(25)32)34-27-24(18-10-5-3-6-11-18)28(37)30(27)14-7-4-8-15-30/h9,12-13,16-18,24H,2-8,10-11,14-15H2,1H3,(H,35,38). The number of halogens is 2. The molecule has 3 saturated carbocycles. The summed E-state index contributed by atoms with van der Waals surface area (Å²) in [6, 6.07) is 5.16. The van der Waals surface area contributed by atoms with Crippen LogP contribution in [0.4, 0.5) is 11.4 Å². The molecule has 0 saturated heterocycles. The minimum absolute atomic E-state index is 0.0703. The van der Waals surface area contributed by atoms with Crippen LogP contribution in [0.1, 0.15) is 87.9 Å². The molecule has 1 spiro atoms. The van der Waals surface area contributed by atoms with E-state index in [1.165, 1.54) is 18.8 Å². The normalized spacial score (nSPS) is 22.0. The van der Waals surface area contributed by atoms with Gasteiger partial charge >= 0.3 is 5.97 Å². The Kier molecular flexibility index (Phi) is 8.38. The predicted molar refractivity (Wildman–Crippen MR) is 152 cm³/mol. The Balaban J connectivity index is 1.56. The fourth-order valence-electron chi connectivity index (χ4n) is 6.45. The van der Waals surface area contributed by atoms with Gasteiger partial charge in [0, 0.05) is 24.5 Å². The van der Waals surface area contributed by atoms with Gasteiger partial charge in [-0.3, -0.25) is 24.4 Å². The summed E-state index contributed by atoms with van der Waals surface area (Å²) in [4.78, 5) is 48.4. The number of nitrogens with one attached hydrogen (secondary N) is 1. The summed E-state index contributed by atoms with van der Waals surface area (Å²) in [6.07, 6.45) is 13.1. The Hall–Kier alpha value is -2.77. The SMILES string of the molecule is CCC(=O)Oc1c(N=C2C(C3CCCCC3)C(=O)C23CCCCC3)cccc1NC(=O)c1c(Cl)cncc1Cl. The smallest absolute Gasteiger partial charge is 0.311 e. The number of hydrogen-bond donors (Lipinski definition) is 1. The number of pyridine rings is 1. The number of nitrogens with zero attached hydrogens (tertiary/aromatic N) is 2. The summed E-state index contributed by atoms with van der Waals surface area (Å²) in [7, 11) is 0. The van der Waals surface area contributed by atoms with Crippen LogP contribution >= 0.6 is 23.2 Å². The molecule has 1 amide bonds. The van der Waals surface area contributed by atoms with Crippen molar-refractivity contribution in [2.75, 3.05) is 5.32 Å². The molecule has 1 atom stereocenters. The van der Waals surface area contributed by atoms with E-state index in [0.717, 1.165) is 63.5 Å². The zero-order valence-corrected chi connectivity index (χ0v) is 23.6. The Morgan fingerprint density at radius 1 is 1.05 bits per heavy atom. The molecule has 1 unspecified atom stereocenters. The maximum absolute atomic E-state index is 13.7. The van der Waals surface area contributed by atoms with Crippen molar-refractivity contribution < 1.29 is 19.1 Å². The number of para-hydroxylation sites is 1. The largest absolute Gasteiger partial charge is 0.422 e. The van der Waals surface area contributed by atoms with Crippen LogP contribution in [0, 0.1) is 17.3 Å². The molecule has 1 N–H and O–H groups in total. The molecular weight excluding hydrogens is 537 g/mol. The third-order valence-corrected chi connectivity index (χ3v) is 9.01. The molecule has 1 aromatic carbocycles. The van der Waals surface area contributed by atoms with Gasteiger partial charge in [-0.25, -0.2) is 0 Å². The lowest BCUT2D eigenvalue weighted by atomic mass is 9.49. The van der Waals surface area contributed by atoms with Gasteiger partial charge in [-0.05, 0) is 43.7 Å². The third kappa shape index (κ3) is 5.36. The van der Waals surface area contributed by atoms with E-state index in [1.54, 1.807) is 25.1 Å². The summed E-state index contributed by atoms with van der Waals surface area (Å²) in [5, 5.41) is 3.00. The molecule has 9 heteroatoms. The molecule has 1 aromatic heterocycles. The molecule has 3 aliphatic rings. The van der Waals surface area contributed by atoms with Crippen molar-refractivity contribution in [3.63, 3.8) is 0 Å². The lowest BCUT2D eigenvalue weighted by molar-refractivity contribution is -0.136. The van der Waals surface area contributed by atoms with Gasteiger partial charge in [0.05, 0.1) is 32.6 Å². The van der Waals surface area contributed by atoms with E-state index in [4.69, 9.17) is 32.9 Å². The van der Waals surface area contributed by atoms with Gasteiger partial charge in [-0.2, -0.15) is 0 Å². The van der Waals surface area contributed by atoms with E-state index in [9.17, 15) is 14.4 Å². The number of aromatic nitrogens is 1. The Morgan fingerprint density at radius 2 is 1.72 bits per heavy atom. The van der Waals surface area contributed by atoms with Crippen LogP contribution in [-0.4, -0.2) is 28.4 Å². The second kappa shape index (κ2) is 11.8. The van der Waals surface area contributed by atoms with Gasteiger partial charge in [0.2, 0.25) is 0 Å². The molecule has 39 heavy (non-hydrogen) atoms. The van der Waals surface area contributed by atoms with E-state index >= 15 is 0 Å². The number of Topliss-reactive ketones (excluding diaryl/α,β-unsaturated/α-hetero) is 1. The maximum atomic E-state index is 13.7. The molecule has 206 valence electrons. The summed E-state index contributed by atoms with van der Waals surface area (Å²) in [5.41, 5.74) is 1.17. The van der Waals surface area contributed by atoms with E-state index in [1.807, 2.05) is 0 Å². The van der Waals surface area contributed by atoms with Gasteiger partial charge < -0.3 is 10.1 Å². The molecule has 3 aliphatic carbocycles. The number of carbonyl (C=O) groups is 3. The predicted octanol–water partition coefficient (Wildman–Crippen LogP) is 7.76. The van der Waals surface area contributed by atoms with E-state index in [-0.39, 0.29) is 39.4 Å². The number of aliphatic imine (C=N–C) groups is 1. The van der Waals surface area contributed by atoms with Gasteiger partial charge in [-0.15, -0.1) is 0 Å². The van der Waals surface area contributed by atoms with Crippen molar-refractivity contribution in [3.8, 4) is 5.75 Å². The van der Waals surface area contributed by atoms with Crippen molar-refractivity contribution in [1.82, 2.24) is 4.98 Å². The van der Waals surface area contributed by atoms with Gasteiger partial charge in [0.1, 0.15) is 5.69 Å². The fraction of sp³-hybridized carbons (Fsp3) is 0.500. The lowest BCUT2D eigenvalue weighted by Gasteiger charge is -2.52. The molecule has 1 heterocycles. The van der Waals surface area contributed by atoms with Crippen LogP contribution in [0.5, 0.6) is 5.75 Å². The van der Waals surface area contributed by atoms with Crippen molar-refractivity contribution in [2.45, 2.75) is 77.6 Å². The first kappa shape index (κ1) is 27.8. The van der Waals surface area contributed by atoms with Gasteiger partial charge in [-0.1, -0.05) is 74.7 Å². The van der Waals surface area contributed by atoms with Crippen LogP contribution in [0.15, 0.2) is 35.6 Å². The van der Waals surface area contributed by atoms with Crippen LogP contribution < -0.4 is 10.1 Å². The third-order valence-electron chi connectivity index (χ3n) is 8.44. The first-order chi connectivity index (χ1) is 18.9. The minimum atomic E-state index is -0.561. The molecule has 7 nitrogen and oxygen atoms in total. The summed E-state index contributed by atoms with van der Waals surface area (Å²) >= 11 is 12.4. The fourth-order valence-corrected chi connectivity index (χ4v) is 6.99. The Morgan fingerprint density at radius 3 is 2.38 bits per heavy atom. The second-order valence-corrected chi connectivity index (χ2v) is 11.6. The number of hydrogen-bond acceptors (Lipinski definition) is 6. The first-order valence-electron chi connectivity index (χ1n) is 13.9. The number of anilines is 1. The molecule has 2 aromatic rings. The second-order valence-electron chi connectivity index (χ2n) is 10.8. The van der Waals surface area contributed by atoms with Crippen molar-refractivity contribution in [3.05, 3.63) is 46.2 Å². The average molecular weight is 571 g/mol. The highest BCUT2D eigenvalue weighted by Gasteiger charge is 2.61. The number of amides is 1. The quantitative estimate of drug-likeness (QED) is 0.283. The number of rotatable bonds is 6. The number of esters is 1. The highest BCUT2D eigenvalue weighted by Crippen LogP contribution is 2.55. The minimum Gasteiger partial charge on any atom is -0.422 e. The van der Waals surface area contributed by atoms with Crippen LogP contribution in [0.25, 0.3) is 0 Å². The zero-order chi connectivity index (χ0) is 27.6. The van der Waals surface area contributed by atoms with Crippen molar-refractivity contribution >= 4 is 57.9 Å². The molecule has 5 rings (SSSR count). The Bertz CT molecular complexity index is 1290. The highest BCUT2D eigenvalue weighted by atomic mass is 35.5. The summed E-state index contributed by atoms with van der Waals surface area (Å²) in [5.74, 6) is -0.415. The van der Waals surface area contributed by atoms with Crippen LogP contribution in [0.2, 0.25) is 10.0 Å². The summed E-state index contributed by atoms with van der Waals surface area (Å²) in [6.45, 7) is 1.70. The van der Waals surface area contributed by atoms with Crippen molar-refractivity contribution in [1.29, 1.82) is 0 Å². The zero-order valence-electron chi connectivity index (χ0n) is 22.1. The summed E-state index contributed by atoms with van der Waals surface area (Å²) < 4.78 is 5.75. The molecule has 0 bridgehead atoms. The number of ketones is 1. The average Bonchev–Trinajstić information content (AvgIpc) is 2.95. The monoisotopic (exact) mass is 569 g/mol.